The van der Waals surface area contributed by atoms with Gasteiger partial charge in [-0.05, 0) is 56.3 Å². The van der Waals surface area contributed by atoms with Crippen molar-refractivity contribution < 1.29 is 9.38 Å². The van der Waals surface area contributed by atoms with Crippen molar-refractivity contribution in [2.45, 2.75) is 13.8 Å². The number of likely N-dealkylation sites (N-methyl/N-ethyl adjacent to an activating group) is 1. The number of pyridine rings is 1. The molecule has 0 aliphatic carbocycles. The van der Waals surface area contributed by atoms with Crippen LogP contribution in [-0.2, 0) is 7.05 Å². The number of fused-ring (bicyclic) bond motifs is 1. The molecule has 0 fully saturated rings. The Morgan fingerprint density at radius 3 is 2.39 bits per heavy atom. The lowest BCUT2D eigenvalue weighted by atomic mass is 10.1. The fourth-order valence-electron chi connectivity index (χ4n) is 3.87. The van der Waals surface area contributed by atoms with Crippen LogP contribution >= 0.6 is 23.2 Å². The molecule has 0 spiro atoms. The van der Waals surface area contributed by atoms with Crippen LogP contribution in [0, 0.1) is 5.21 Å². The Morgan fingerprint density at radius 2 is 1.75 bits per heavy atom. The largest absolute Gasteiger partial charge is 0.633 e. The summed E-state index contributed by atoms with van der Waals surface area (Å²) in [6.07, 6.45) is 1.64. The number of nitrogens with zero attached hydrogens (tertiary/aromatic N) is 4. The summed E-state index contributed by atoms with van der Waals surface area (Å²) < 4.78 is 6.91. The van der Waals surface area contributed by atoms with Crippen LogP contribution < -0.4 is 15.6 Å². The lowest BCUT2D eigenvalue weighted by Crippen LogP contribution is -2.44. The van der Waals surface area contributed by atoms with Gasteiger partial charge in [-0.3, -0.25) is 9.36 Å². The van der Waals surface area contributed by atoms with Gasteiger partial charge >= 0.3 is 0 Å². The van der Waals surface area contributed by atoms with Crippen molar-refractivity contribution in [1.29, 1.82) is 0 Å². The number of aromatic nitrogens is 3. The van der Waals surface area contributed by atoms with Gasteiger partial charge in [-0.1, -0.05) is 29.3 Å². The predicted octanol–water partition coefficient (Wildman–Crippen LogP) is 5.78. The molecule has 0 saturated heterocycles. The van der Waals surface area contributed by atoms with Crippen molar-refractivity contribution in [3.05, 3.63) is 80.3 Å². The average Bonchev–Trinajstić information content (AvgIpc) is 2.88. The smallest absolute Gasteiger partial charge is 0.259 e. The van der Waals surface area contributed by atoms with E-state index in [1.54, 1.807) is 37.5 Å². The number of hydroxylamine groups is 3. The molecule has 0 radical (unpaired) electrons. The molecule has 0 saturated carbocycles. The first-order valence-corrected chi connectivity index (χ1v) is 12.4. The van der Waals surface area contributed by atoms with E-state index in [-0.39, 0.29) is 10.2 Å². The lowest BCUT2D eigenvalue weighted by Gasteiger charge is -2.40. The molecule has 2 aromatic heterocycles. The van der Waals surface area contributed by atoms with Gasteiger partial charge in [-0.2, -0.15) is 4.98 Å². The predicted molar refractivity (Wildman–Crippen MR) is 145 cm³/mol. The quantitative estimate of drug-likeness (QED) is 0.219. The second-order valence-corrected chi connectivity index (χ2v) is 9.22. The highest BCUT2D eigenvalue weighted by atomic mass is 35.5. The molecule has 0 aliphatic heterocycles. The fraction of sp³-hybridized carbons (Fsp3) is 0.269. The number of aryl methyl sites for hydroxylation is 1. The summed E-state index contributed by atoms with van der Waals surface area (Å²) in [5.41, 5.74) is 1.82. The Kier molecular flexibility index (Phi) is 7.80. The van der Waals surface area contributed by atoms with Gasteiger partial charge in [0.05, 0.1) is 28.7 Å². The second kappa shape index (κ2) is 10.8. The van der Waals surface area contributed by atoms with Gasteiger partial charge in [-0.25, -0.2) is 4.98 Å². The molecule has 8 nitrogen and oxygen atoms in total. The molecule has 188 valence electrons. The Morgan fingerprint density at radius 1 is 1.08 bits per heavy atom. The number of benzene rings is 2. The van der Waals surface area contributed by atoms with E-state index in [0.717, 1.165) is 5.69 Å². The summed E-state index contributed by atoms with van der Waals surface area (Å²) in [5, 5.41) is 17.0. The van der Waals surface area contributed by atoms with Crippen molar-refractivity contribution in [2.24, 2.45) is 7.05 Å². The third kappa shape index (κ3) is 5.47. The van der Waals surface area contributed by atoms with Crippen LogP contribution in [0.1, 0.15) is 13.8 Å². The SMILES string of the molecule is CC[N+]([O-])(CC)CCOc1ccc(Nc2ncc3cc(-c4c(Cl)cccc4Cl)c(=O)n(C)c3n2)cc1. The van der Waals surface area contributed by atoms with Crippen LogP contribution in [0.25, 0.3) is 22.2 Å². The zero-order valence-corrected chi connectivity index (χ0v) is 21.8. The van der Waals surface area contributed by atoms with Gasteiger partial charge in [0.2, 0.25) is 5.95 Å². The van der Waals surface area contributed by atoms with E-state index in [1.807, 2.05) is 38.1 Å². The number of hydrogen-bond acceptors (Lipinski definition) is 6. The van der Waals surface area contributed by atoms with Gasteiger partial charge in [0, 0.05) is 29.9 Å². The van der Waals surface area contributed by atoms with Crippen molar-refractivity contribution in [3.8, 4) is 16.9 Å². The van der Waals surface area contributed by atoms with Crippen LogP contribution in [0.2, 0.25) is 10.0 Å². The van der Waals surface area contributed by atoms with Gasteiger partial charge in [0.15, 0.2) is 0 Å². The molecule has 36 heavy (non-hydrogen) atoms. The number of hydrogen-bond donors (Lipinski definition) is 1. The highest BCUT2D eigenvalue weighted by molar-refractivity contribution is 6.39. The monoisotopic (exact) mass is 527 g/mol. The van der Waals surface area contributed by atoms with Crippen molar-refractivity contribution >= 4 is 45.9 Å². The van der Waals surface area contributed by atoms with E-state index in [4.69, 9.17) is 27.9 Å². The highest BCUT2D eigenvalue weighted by Gasteiger charge is 2.16. The Hall–Kier alpha value is -3.17. The number of ether oxygens (including phenoxy) is 1. The first-order chi connectivity index (χ1) is 17.2. The van der Waals surface area contributed by atoms with Crippen LogP contribution in [0.3, 0.4) is 0 Å². The molecule has 0 aliphatic rings. The molecule has 0 amide bonds. The topological polar surface area (TPSA) is 92.1 Å². The standard InChI is InChI=1S/C26H27Cl2N5O3/c1-4-33(35,5-2)13-14-36-19-11-9-18(10-12-19)30-26-29-16-17-15-20(25(34)32(3)24(17)31-26)23-21(27)7-6-8-22(23)28/h6-12,15-16H,4-5,13-14H2,1-3H3,(H,29,30,31). The maximum absolute atomic E-state index is 13.1. The number of rotatable bonds is 9. The van der Waals surface area contributed by atoms with Crippen LogP contribution in [-0.4, -0.2) is 45.4 Å². The number of nitrogens with one attached hydrogen (secondary N) is 1. The van der Waals surface area contributed by atoms with Crippen LogP contribution in [0.4, 0.5) is 11.6 Å². The Bertz CT molecular complexity index is 1420. The summed E-state index contributed by atoms with van der Waals surface area (Å²) in [6, 6.07) is 14.1. The van der Waals surface area contributed by atoms with Gasteiger partial charge in [0.1, 0.15) is 24.5 Å². The minimum absolute atomic E-state index is 0.268. The zero-order chi connectivity index (χ0) is 25.9. The minimum Gasteiger partial charge on any atom is -0.633 e. The van der Waals surface area contributed by atoms with E-state index in [9.17, 15) is 10.0 Å². The molecular weight excluding hydrogens is 501 g/mol. The Labute approximate surface area is 219 Å². The molecule has 4 rings (SSSR count). The summed E-state index contributed by atoms with van der Waals surface area (Å²) >= 11 is 12.7. The molecule has 4 aromatic rings. The summed E-state index contributed by atoms with van der Waals surface area (Å²) in [5.74, 6) is 1.01. The van der Waals surface area contributed by atoms with E-state index in [1.165, 1.54) is 4.57 Å². The molecule has 0 atom stereocenters. The van der Waals surface area contributed by atoms with Gasteiger partial charge in [-0.15, -0.1) is 0 Å². The minimum atomic E-state index is -0.269. The molecule has 1 N–H and O–H groups in total. The third-order valence-corrected chi connectivity index (χ3v) is 6.84. The maximum atomic E-state index is 13.1. The summed E-state index contributed by atoms with van der Waals surface area (Å²) in [6.45, 7) is 5.57. The van der Waals surface area contributed by atoms with E-state index in [0.29, 0.717) is 70.1 Å². The van der Waals surface area contributed by atoms with Gasteiger partial charge in [0.25, 0.3) is 5.56 Å². The first-order valence-electron chi connectivity index (χ1n) is 11.6. The van der Waals surface area contributed by atoms with Crippen molar-refractivity contribution in [1.82, 2.24) is 14.5 Å². The van der Waals surface area contributed by atoms with Crippen LogP contribution in [0.5, 0.6) is 5.75 Å². The van der Waals surface area contributed by atoms with E-state index >= 15 is 0 Å². The number of halogens is 2. The summed E-state index contributed by atoms with van der Waals surface area (Å²) in [4.78, 5) is 22.0. The van der Waals surface area contributed by atoms with Crippen molar-refractivity contribution in [3.63, 3.8) is 0 Å². The maximum Gasteiger partial charge on any atom is 0.259 e. The van der Waals surface area contributed by atoms with Crippen LogP contribution in [0.15, 0.2) is 59.5 Å². The normalized spacial score (nSPS) is 11.6. The third-order valence-electron chi connectivity index (χ3n) is 6.21. The molecule has 2 heterocycles. The average molecular weight is 528 g/mol. The second-order valence-electron chi connectivity index (χ2n) is 8.40. The van der Waals surface area contributed by atoms with E-state index < -0.39 is 0 Å². The first kappa shape index (κ1) is 25.9. The number of quaternary nitrogens is 1. The Balaban J connectivity index is 1.52. The van der Waals surface area contributed by atoms with E-state index in [2.05, 4.69) is 15.3 Å². The fourth-order valence-corrected chi connectivity index (χ4v) is 4.48. The molecule has 0 bridgehead atoms. The molecular formula is C26H27Cl2N5O3. The molecule has 0 unspecified atom stereocenters. The zero-order valence-electron chi connectivity index (χ0n) is 20.3. The molecule has 10 heteroatoms. The highest BCUT2D eigenvalue weighted by Crippen LogP contribution is 2.33. The summed E-state index contributed by atoms with van der Waals surface area (Å²) in [7, 11) is 1.65. The van der Waals surface area contributed by atoms with Crippen molar-refractivity contribution in [2.75, 3.05) is 31.6 Å². The van der Waals surface area contributed by atoms with Gasteiger partial charge < -0.3 is 19.9 Å². The molecule has 2 aromatic carbocycles. The number of anilines is 2. The lowest BCUT2D eigenvalue weighted by molar-refractivity contribution is -0.877.